The molecule has 3 aromatic rings. The number of halogens is 2. The lowest BCUT2D eigenvalue weighted by Crippen LogP contribution is -2.25. The maximum Gasteiger partial charge on any atom is 0.259 e. The normalized spacial score (nSPS) is 12.1. The zero-order valence-corrected chi connectivity index (χ0v) is 20.0. The summed E-state index contributed by atoms with van der Waals surface area (Å²) in [4.78, 5) is 12.0. The van der Waals surface area contributed by atoms with Crippen molar-refractivity contribution in [2.24, 2.45) is 5.10 Å². The Labute approximate surface area is 202 Å². The Balaban J connectivity index is 1.24. The van der Waals surface area contributed by atoms with E-state index < -0.39 is 0 Å². The minimum atomic E-state index is -0.271. The Bertz CT molecular complexity index is 1140. The van der Waals surface area contributed by atoms with Crippen LogP contribution in [0.5, 0.6) is 17.2 Å². The fourth-order valence-electron chi connectivity index (χ4n) is 2.86. The maximum absolute atomic E-state index is 12.0. The number of ether oxygens (including phenoxy) is 3. The molecule has 0 saturated heterocycles. The molecule has 0 bridgehead atoms. The summed E-state index contributed by atoms with van der Waals surface area (Å²) in [5.41, 5.74) is 5.15. The second-order valence-electron chi connectivity index (χ2n) is 6.82. The molecule has 0 unspecified atom stereocenters. The number of nitrogens with zero attached hydrogens (tertiary/aromatic N) is 1. The predicted octanol–water partition coefficient (Wildman–Crippen LogP) is 5.08. The van der Waals surface area contributed by atoms with Crippen molar-refractivity contribution in [1.29, 1.82) is 0 Å². The van der Waals surface area contributed by atoms with E-state index in [9.17, 15) is 4.79 Å². The summed E-state index contributed by atoms with van der Waals surface area (Å²) in [7, 11) is 0. The number of carbonyl (C=O) groups excluding carboxylic acids is 1. The van der Waals surface area contributed by atoms with Gasteiger partial charge in [-0.3, -0.25) is 4.79 Å². The number of benzene rings is 3. The monoisotopic (exact) mass is 559 g/mol. The molecule has 0 aliphatic carbocycles. The van der Waals surface area contributed by atoms with Gasteiger partial charge in [-0.1, -0.05) is 28.1 Å². The summed E-state index contributed by atoms with van der Waals surface area (Å²) < 4.78 is 18.3. The number of anilines is 1. The van der Waals surface area contributed by atoms with Crippen molar-refractivity contribution in [2.75, 3.05) is 18.7 Å². The lowest BCUT2D eigenvalue weighted by molar-refractivity contribution is -0.119. The van der Waals surface area contributed by atoms with Crippen LogP contribution in [0, 0.1) is 0 Å². The molecule has 0 atom stereocenters. The van der Waals surface area contributed by atoms with Crippen molar-refractivity contribution in [3.05, 3.63) is 80.7 Å². The molecule has 0 radical (unpaired) electrons. The number of amides is 1. The van der Waals surface area contributed by atoms with E-state index in [1.807, 2.05) is 48.5 Å². The Morgan fingerprint density at radius 3 is 2.66 bits per heavy atom. The van der Waals surface area contributed by atoms with Crippen LogP contribution in [0.1, 0.15) is 11.1 Å². The van der Waals surface area contributed by atoms with Gasteiger partial charge in [-0.25, -0.2) is 5.43 Å². The molecule has 0 fully saturated rings. The maximum atomic E-state index is 12.0. The third-order valence-corrected chi connectivity index (χ3v) is 5.64. The molecule has 1 amide bonds. The van der Waals surface area contributed by atoms with Crippen LogP contribution < -0.4 is 25.0 Å². The second-order valence-corrected chi connectivity index (χ2v) is 8.59. The van der Waals surface area contributed by atoms with Crippen molar-refractivity contribution >= 4 is 49.7 Å². The third-order valence-electron chi connectivity index (χ3n) is 4.49. The fourth-order valence-corrected chi connectivity index (χ4v) is 3.64. The van der Waals surface area contributed by atoms with Gasteiger partial charge < -0.3 is 19.5 Å². The molecule has 4 rings (SSSR count). The molecule has 7 nitrogen and oxygen atoms in total. The highest BCUT2D eigenvalue weighted by Gasteiger charge is 2.13. The number of hydrogen-bond donors (Lipinski definition) is 2. The van der Waals surface area contributed by atoms with Crippen LogP contribution in [0.4, 0.5) is 5.69 Å². The highest BCUT2D eigenvalue weighted by atomic mass is 79.9. The van der Waals surface area contributed by atoms with Crippen LogP contribution in [0.25, 0.3) is 0 Å². The van der Waals surface area contributed by atoms with Gasteiger partial charge in [0.2, 0.25) is 6.79 Å². The van der Waals surface area contributed by atoms with E-state index in [0.717, 1.165) is 31.5 Å². The van der Waals surface area contributed by atoms with Gasteiger partial charge in [0.25, 0.3) is 5.91 Å². The lowest BCUT2D eigenvalue weighted by Gasteiger charge is -2.09. The topological polar surface area (TPSA) is 81.2 Å². The van der Waals surface area contributed by atoms with E-state index in [1.165, 1.54) is 0 Å². The summed E-state index contributed by atoms with van der Waals surface area (Å²) >= 11 is 6.93. The molecular formula is C23H19Br2N3O4. The molecule has 1 heterocycles. The van der Waals surface area contributed by atoms with Gasteiger partial charge in [0.05, 0.1) is 17.2 Å². The zero-order chi connectivity index (χ0) is 22.3. The molecule has 3 aromatic carbocycles. The molecule has 0 saturated carbocycles. The number of carbonyl (C=O) groups is 1. The van der Waals surface area contributed by atoms with E-state index in [2.05, 4.69) is 47.7 Å². The van der Waals surface area contributed by atoms with Crippen molar-refractivity contribution in [2.45, 2.75) is 6.61 Å². The average Bonchev–Trinajstić information content (AvgIpc) is 3.26. The van der Waals surface area contributed by atoms with Crippen LogP contribution in [0.15, 0.2) is 74.7 Å². The molecule has 1 aliphatic heterocycles. The average molecular weight is 561 g/mol. The van der Waals surface area contributed by atoms with Gasteiger partial charge in [-0.2, -0.15) is 5.10 Å². The van der Waals surface area contributed by atoms with Gasteiger partial charge in [0.1, 0.15) is 12.4 Å². The van der Waals surface area contributed by atoms with Crippen LogP contribution in [-0.2, 0) is 11.4 Å². The first-order chi connectivity index (χ1) is 15.6. The van der Waals surface area contributed by atoms with Gasteiger partial charge in [0, 0.05) is 16.2 Å². The fraction of sp³-hybridized carbons (Fsp3) is 0.130. The first-order valence-corrected chi connectivity index (χ1v) is 11.3. The summed E-state index contributed by atoms with van der Waals surface area (Å²) in [5, 5.41) is 7.03. The predicted molar refractivity (Wildman–Crippen MR) is 129 cm³/mol. The van der Waals surface area contributed by atoms with E-state index in [4.69, 9.17) is 14.2 Å². The summed E-state index contributed by atoms with van der Waals surface area (Å²) in [6.07, 6.45) is 1.57. The van der Waals surface area contributed by atoms with Crippen molar-refractivity contribution < 1.29 is 19.0 Å². The molecule has 32 heavy (non-hydrogen) atoms. The van der Waals surface area contributed by atoms with Crippen LogP contribution >= 0.6 is 31.9 Å². The number of hydrogen-bond acceptors (Lipinski definition) is 6. The Morgan fingerprint density at radius 2 is 1.84 bits per heavy atom. The van der Waals surface area contributed by atoms with E-state index in [-0.39, 0.29) is 19.2 Å². The number of hydrazone groups is 1. The van der Waals surface area contributed by atoms with Crippen LogP contribution in [0.2, 0.25) is 0 Å². The van der Waals surface area contributed by atoms with E-state index >= 15 is 0 Å². The summed E-state index contributed by atoms with van der Waals surface area (Å²) in [6, 6.07) is 19.0. The van der Waals surface area contributed by atoms with Gasteiger partial charge in [0.15, 0.2) is 11.5 Å². The molecule has 164 valence electrons. The van der Waals surface area contributed by atoms with Gasteiger partial charge in [-0.05, 0) is 69.5 Å². The number of rotatable bonds is 8. The standard InChI is InChI=1S/C23H19Br2N3O4/c24-17-4-1-15(2-5-17)13-30-20-7-3-16(9-19(20)25)11-27-28-23(29)12-26-18-6-8-21-22(10-18)32-14-31-21/h1-11,26H,12-14H2,(H,28,29). The van der Waals surface area contributed by atoms with Crippen molar-refractivity contribution in [1.82, 2.24) is 5.43 Å². The van der Waals surface area contributed by atoms with E-state index in [0.29, 0.717) is 18.1 Å². The molecule has 2 N–H and O–H groups in total. The third kappa shape index (κ3) is 6.02. The molecular weight excluding hydrogens is 542 g/mol. The minimum absolute atomic E-state index is 0.0729. The Kier molecular flexibility index (Phi) is 7.28. The highest BCUT2D eigenvalue weighted by Crippen LogP contribution is 2.34. The highest BCUT2D eigenvalue weighted by molar-refractivity contribution is 9.10. The quantitative estimate of drug-likeness (QED) is 0.296. The first kappa shape index (κ1) is 22.2. The summed E-state index contributed by atoms with van der Waals surface area (Å²) in [5.74, 6) is 1.80. The Hall–Kier alpha value is -3.04. The molecule has 0 spiro atoms. The summed E-state index contributed by atoms with van der Waals surface area (Å²) in [6.45, 7) is 0.748. The second kappa shape index (κ2) is 10.5. The van der Waals surface area contributed by atoms with Crippen molar-refractivity contribution in [3.8, 4) is 17.2 Å². The van der Waals surface area contributed by atoms with Crippen molar-refractivity contribution in [3.63, 3.8) is 0 Å². The number of fused-ring (bicyclic) bond motifs is 1. The van der Waals surface area contributed by atoms with Crippen LogP contribution in [0.3, 0.4) is 0 Å². The van der Waals surface area contributed by atoms with Gasteiger partial charge >= 0.3 is 0 Å². The smallest absolute Gasteiger partial charge is 0.259 e. The number of nitrogens with one attached hydrogen (secondary N) is 2. The van der Waals surface area contributed by atoms with Crippen LogP contribution in [-0.4, -0.2) is 25.5 Å². The minimum Gasteiger partial charge on any atom is -0.488 e. The largest absolute Gasteiger partial charge is 0.488 e. The van der Waals surface area contributed by atoms with E-state index in [1.54, 1.807) is 18.3 Å². The molecule has 9 heteroatoms. The lowest BCUT2D eigenvalue weighted by atomic mass is 10.2. The Morgan fingerprint density at radius 1 is 1.03 bits per heavy atom. The first-order valence-electron chi connectivity index (χ1n) is 9.69. The zero-order valence-electron chi connectivity index (χ0n) is 16.8. The SMILES string of the molecule is O=C(CNc1ccc2c(c1)OCO2)NN=Cc1ccc(OCc2ccc(Br)cc2)c(Br)c1. The molecule has 0 aromatic heterocycles. The van der Waals surface area contributed by atoms with Gasteiger partial charge in [-0.15, -0.1) is 0 Å². The molecule has 1 aliphatic rings.